The Morgan fingerprint density at radius 1 is 1.24 bits per heavy atom. The standard InChI is InChI=1S/C16H12ClN3O/c17-16-3-1-14(2-4-16)12-21-20-11-15(10-18)9-13-5-7-19-8-6-13/h1-9,11H,12H2/b15-9+,20-11-. The molecule has 0 fully saturated rings. The molecule has 0 saturated carbocycles. The number of halogens is 1. The van der Waals surface area contributed by atoms with Gasteiger partial charge in [0.05, 0.1) is 11.8 Å². The van der Waals surface area contributed by atoms with Gasteiger partial charge in [-0.15, -0.1) is 0 Å². The molecule has 1 aromatic carbocycles. The number of hydrogen-bond donors (Lipinski definition) is 0. The minimum atomic E-state index is 0.321. The predicted molar refractivity (Wildman–Crippen MR) is 82.6 cm³/mol. The second-order valence-corrected chi connectivity index (χ2v) is 4.56. The molecule has 1 aromatic heterocycles. The predicted octanol–water partition coefficient (Wildman–Crippen LogP) is 3.84. The summed E-state index contributed by atoms with van der Waals surface area (Å²) >= 11 is 5.79. The Bertz CT molecular complexity index is 673. The first-order valence-corrected chi connectivity index (χ1v) is 6.57. The van der Waals surface area contributed by atoms with Crippen LogP contribution in [0.1, 0.15) is 11.1 Å². The van der Waals surface area contributed by atoms with Crippen LogP contribution in [0.2, 0.25) is 5.02 Å². The molecular weight excluding hydrogens is 286 g/mol. The molecule has 0 saturated heterocycles. The molecule has 2 aromatic rings. The van der Waals surface area contributed by atoms with Crippen molar-refractivity contribution in [3.63, 3.8) is 0 Å². The highest BCUT2D eigenvalue weighted by atomic mass is 35.5. The number of benzene rings is 1. The van der Waals surface area contributed by atoms with E-state index in [1.807, 2.05) is 12.1 Å². The Balaban J connectivity index is 1.92. The first-order chi connectivity index (χ1) is 10.3. The lowest BCUT2D eigenvalue weighted by Crippen LogP contribution is -1.88. The van der Waals surface area contributed by atoms with Crippen LogP contribution in [0, 0.1) is 11.3 Å². The number of rotatable bonds is 5. The smallest absolute Gasteiger partial charge is 0.142 e. The quantitative estimate of drug-likeness (QED) is 0.478. The SMILES string of the molecule is N#CC(/C=N\OCc1ccc(Cl)cc1)=C\c1ccncc1. The number of nitriles is 1. The molecule has 2 rings (SSSR count). The van der Waals surface area contributed by atoms with Crippen LogP contribution >= 0.6 is 11.6 Å². The lowest BCUT2D eigenvalue weighted by Gasteiger charge is -1.99. The van der Waals surface area contributed by atoms with E-state index >= 15 is 0 Å². The van der Waals surface area contributed by atoms with Crippen molar-refractivity contribution < 1.29 is 4.84 Å². The van der Waals surface area contributed by atoms with Crippen LogP contribution in [0.25, 0.3) is 6.08 Å². The van der Waals surface area contributed by atoms with Crippen molar-refractivity contribution >= 4 is 23.9 Å². The van der Waals surface area contributed by atoms with E-state index in [1.54, 1.807) is 42.7 Å². The molecule has 0 aliphatic heterocycles. The van der Waals surface area contributed by atoms with Gasteiger partial charge in [0.2, 0.25) is 0 Å². The monoisotopic (exact) mass is 297 g/mol. The molecule has 0 atom stereocenters. The van der Waals surface area contributed by atoms with Crippen LogP contribution < -0.4 is 0 Å². The molecule has 0 spiro atoms. The largest absolute Gasteiger partial charge is 0.391 e. The molecule has 104 valence electrons. The Labute approximate surface area is 128 Å². The van der Waals surface area contributed by atoms with Crippen LogP contribution in [0.15, 0.2) is 59.5 Å². The topological polar surface area (TPSA) is 58.3 Å². The van der Waals surface area contributed by atoms with Crippen molar-refractivity contribution in [1.82, 2.24) is 4.98 Å². The van der Waals surface area contributed by atoms with Gasteiger partial charge in [-0.2, -0.15) is 5.26 Å². The highest BCUT2D eigenvalue weighted by Crippen LogP contribution is 2.10. The number of aromatic nitrogens is 1. The Kier molecular flexibility index (Phi) is 5.50. The zero-order valence-electron chi connectivity index (χ0n) is 11.1. The third-order valence-corrected chi connectivity index (χ3v) is 2.82. The number of pyridine rings is 1. The average Bonchev–Trinajstić information content (AvgIpc) is 2.53. The van der Waals surface area contributed by atoms with Crippen molar-refractivity contribution in [3.05, 3.63) is 70.5 Å². The number of nitrogens with zero attached hydrogens (tertiary/aromatic N) is 3. The first-order valence-electron chi connectivity index (χ1n) is 6.19. The highest BCUT2D eigenvalue weighted by molar-refractivity contribution is 6.30. The summed E-state index contributed by atoms with van der Waals surface area (Å²) in [5.74, 6) is 0. The van der Waals surface area contributed by atoms with Gasteiger partial charge in [-0.3, -0.25) is 4.98 Å². The second-order valence-electron chi connectivity index (χ2n) is 4.13. The molecule has 0 aliphatic rings. The fourth-order valence-electron chi connectivity index (χ4n) is 1.52. The fourth-order valence-corrected chi connectivity index (χ4v) is 1.65. The van der Waals surface area contributed by atoms with Gasteiger partial charge in [-0.05, 0) is 41.5 Å². The molecule has 4 nitrogen and oxygen atoms in total. The fraction of sp³-hybridized carbons (Fsp3) is 0.0625. The summed E-state index contributed by atoms with van der Waals surface area (Å²) in [7, 11) is 0. The average molecular weight is 298 g/mol. The zero-order chi connectivity index (χ0) is 14.9. The third-order valence-electron chi connectivity index (χ3n) is 2.57. The summed E-state index contributed by atoms with van der Waals surface area (Å²) in [4.78, 5) is 9.07. The number of allylic oxidation sites excluding steroid dienone is 1. The van der Waals surface area contributed by atoms with Crippen molar-refractivity contribution in [2.24, 2.45) is 5.16 Å². The normalized spacial score (nSPS) is 11.3. The van der Waals surface area contributed by atoms with Crippen molar-refractivity contribution in [3.8, 4) is 6.07 Å². The lowest BCUT2D eigenvalue weighted by atomic mass is 10.2. The minimum absolute atomic E-state index is 0.321. The van der Waals surface area contributed by atoms with Gasteiger partial charge in [0.25, 0.3) is 0 Å². The zero-order valence-corrected chi connectivity index (χ0v) is 11.9. The summed E-state index contributed by atoms with van der Waals surface area (Å²) in [5.41, 5.74) is 2.23. The van der Waals surface area contributed by atoms with Crippen molar-refractivity contribution in [2.75, 3.05) is 0 Å². The summed E-state index contributed by atoms with van der Waals surface area (Å²) in [6.07, 6.45) is 6.41. The minimum Gasteiger partial charge on any atom is -0.391 e. The van der Waals surface area contributed by atoms with Crippen molar-refractivity contribution in [1.29, 1.82) is 5.26 Å². The maximum Gasteiger partial charge on any atom is 0.142 e. The Morgan fingerprint density at radius 3 is 2.62 bits per heavy atom. The van der Waals surface area contributed by atoms with Gasteiger partial charge < -0.3 is 4.84 Å². The van der Waals surface area contributed by atoms with Gasteiger partial charge in [0.1, 0.15) is 12.7 Å². The van der Waals surface area contributed by atoms with Gasteiger partial charge in [-0.1, -0.05) is 28.9 Å². The number of hydrogen-bond acceptors (Lipinski definition) is 4. The van der Waals surface area contributed by atoms with E-state index in [0.717, 1.165) is 11.1 Å². The molecule has 0 aliphatic carbocycles. The lowest BCUT2D eigenvalue weighted by molar-refractivity contribution is 0.132. The molecule has 21 heavy (non-hydrogen) atoms. The Hall–Kier alpha value is -2.64. The van der Waals surface area contributed by atoms with Crippen LogP contribution in [0.4, 0.5) is 0 Å². The van der Waals surface area contributed by atoms with E-state index in [9.17, 15) is 0 Å². The second kappa shape index (κ2) is 7.83. The van der Waals surface area contributed by atoms with E-state index in [-0.39, 0.29) is 0 Å². The van der Waals surface area contributed by atoms with E-state index in [0.29, 0.717) is 17.2 Å². The van der Waals surface area contributed by atoms with Crippen molar-refractivity contribution in [2.45, 2.75) is 6.61 Å². The summed E-state index contributed by atoms with van der Waals surface area (Å²) in [5, 5.41) is 13.5. The van der Waals surface area contributed by atoms with E-state index in [4.69, 9.17) is 21.7 Å². The van der Waals surface area contributed by atoms with Crippen LogP contribution in [-0.4, -0.2) is 11.2 Å². The molecule has 0 bridgehead atoms. The molecule has 0 amide bonds. The number of oxime groups is 1. The Morgan fingerprint density at radius 2 is 1.95 bits per heavy atom. The van der Waals surface area contributed by atoms with Gasteiger partial charge in [0, 0.05) is 17.4 Å². The van der Waals surface area contributed by atoms with Gasteiger partial charge in [0.15, 0.2) is 0 Å². The molecular formula is C16H12ClN3O. The molecule has 0 N–H and O–H groups in total. The van der Waals surface area contributed by atoms with E-state index in [1.165, 1.54) is 6.21 Å². The molecule has 0 radical (unpaired) electrons. The van der Waals surface area contributed by atoms with Gasteiger partial charge >= 0.3 is 0 Å². The van der Waals surface area contributed by atoms with E-state index < -0.39 is 0 Å². The van der Waals surface area contributed by atoms with Crippen LogP contribution in [0.5, 0.6) is 0 Å². The van der Waals surface area contributed by atoms with Gasteiger partial charge in [-0.25, -0.2) is 0 Å². The van der Waals surface area contributed by atoms with Crippen LogP contribution in [0.3, 0.4) is 0 Å². The van der Waals surface area contributed by atoms with E-state index in [2.05, 4.69) is 16.2 Å². The molecule has 5 heteroatoms. The summed E-state index contributed by atoms with van der Waals surface area (Å²) < 4.78 is 0. The first kappa shape index (κ1) is 14.8. The summed E-state index contributed by atoms with van der Waals surface area (Å²) in [6, 6.07) is 12.9. The molecule has 0 unspecified atom stereocenters. The highest BCUT2D eigenvalue weighted by Gasteiger charge is 1.94. The molecule has 1 heterocycles. The summed E-state index contributed by atoms with van der Waals surface area (Å²) in [6.45, 7) is 0.321. The maximum atomic E-state index is 9.04. The van der Waals surface area contributed by atoms with Crippen LogP contribution in [-0.2, 0) is 11.4 Å². The maximum absolute atomic E-state index is 9.04. The third kappa shape index (κ3) is 5.09.